The van der Waals surface area contributed by atoms with Gasteiger partial charge in [-0.05, 0) is 42.7 Å². The van der Waals surface area contributed by atoms with Gasteiger partial charge in [-0.25, -0.2) is 4.98 Å². The second kappa shape index (κ2) is 7.92. The molecule has 0 bridgehead atoms. The zero-order valence-electron chi connectivity index (χ0n) is 15.2. The van der Waals surface area contributed by atoms with E-state index >= 15 is 0 Å². The van der Waals surface area contributed by atoms with Crippen LogP contribution >= 0.6 is 11.3 Å². The molecule has 3 aromatic rings. The van der Waals surface area contributed by atoms with Crippen molar-refractivity contribution >= 4 is 32.6 Å². The van der Waals surface area contributed by atoms with E-state index in [0.717, 1.165) is 52.6 Å². The minimum atomic E-state index is 0.0624. The first kappa shape index (κ1) is 17.7. The molecule has 27 heavy (non-hydrogen) atoms. The molecule has 4 rings (SSSR count). The summed E-state index contributed by atoms with van der Waals surface area (Å²) in [6, 6.07) is 9.80. The zero-order valence-corrected chi connectivity index (χ0v) is 16.0. The number of carbonyl (C=O) groups is 1. The highest BCUT2D eigenvalue weighted by atomic mass is 32.1. The third-order valence-electron chi connectivity index (χ3n) is 4.91. The Balaban J connectivity index is 1.33. The van der Waals surface area contributed by atoms with E-state index in [1.807, 2.05) is 30.3 Å². The monoisotopic (exact) mass is 382 g/mol. The third kappa shape index (κ3) is 4.03. The van der Waals surface area contributed by atoms with E-state index in [0.29, 0.717) is 6.54 Å². The second-order valence-electron chi connectivity index (χ2n) is 6.67. The molecule has 0 aliphatic carbocycles. The van der Waals surface area contributed by atoms with Gasteiger partial charge in [0.25, 0.3) is 0 Å². The number of thiazole rings is 1. The molecule has 1 aliphatic heterocycles. The van der Waals surface area contributed by atoms with Gasteiger partial charge in [-0.15, -0.1) is 0 Å². The zero-order chi connectivity index (χ0) is 18.6. The van der Waals surface area contributed by atoms with Crippen LogP contribution in [0.5, 0.6) is 5.75 Å². The van der Waals surface area contributed by atoms with Gasteiger partial charge in [0, 0.05) is 37.9 Å². The molecular formula is C20H22N4O2S. The van der Waals surface area contributed by atoms with E-state index in [9.17, 15) is 4.79 Å². The molecule has 0 spiro atoms. The Morgan fingerprint density at radius 1 is 1.33 bits per heavy atom. The maximum absolute atomic E-state index is 12.4. The average Bonchev–Trinajstić information content (AvgIpc) is 3.16. The average molecular weight is 382 g/mol. The molecule has 1 N–H and O–H groups in total. The number of piperidine rings is 1. The lowest BCUT2D eigenvalue weighted by Gasteiger charge is -2.31. The molecule has 3 heterocycles. The normalized spacial score (nSPS) is 15.1. The van der Waals surface area contributed by atoms with Crippen LogP contribution in [0, 0.1) is 5.92 Å². The summed E-state index contributed by atoms with van der Waals surface area (Å²) >= 11 is 1.68. The summed E-state index contributed by atoms with van der Waals surface area (Å²) in [5, 5.41) is 4.05. The standard InChI is InChI=1S/C20H22N4O2S/c1-26-16-4-5-17-18(11-16)27-20(23-17)24-9-6-15(7-10-24)19(25)22-13-14-3-2-8-21-12-14/h2-5,8,11-12,15H,6-7,9-10,13H2,1H3,(H,22,25). The summed E-state index contributed by atoms with van der Waals surface area (Å²) in [5.41, 5.74) is 2.01. The molecule has 7 heteroatoms. The van der Waals surface area contributed by atoms with Crippen LogP contribution in [-0.4, -0.2) is 36.1 Å². The van der Waals surface area contributed by atoms with Gasteiger partial charge >= 0.3 is 0 Å². The van der Waals surface area contributed by atoms with Crippen LogP contribution in [0.1, 0.15) is 18.4 Å². The van der Waals surface area contributed by atoms with Crippen molar-refractivity contribution < 1.29 is 9.53 Å². The van der Waals surface area contributed by atoms with Crippen molar-refractivity contribution in [2.45, 2.75) is 19.4 Å². The molecule has 6 nitrogen and oxygen atoms in total. The lowest BCUT2D eigenvalue weighted by atomic mass is 9.96. The van der Waals surface area contributed by atoms with Gasteiger partial charge in [0.05, 0.1) is 17.3 Å². The van der Waals surface area contributed by atoms with Crippen LogP contribution in [0.2, 0.25) is 0 Å². The minimum absolute atomic E-state index is 0.0624. The quantitative estimate of drug-likeness (QED) is 0.734. The topological polar surface area (TPSA) is 67.3 Å². The molecule has 1 aliphatic rings. The fraction of sp³-hybridized carbons (Fsp3) is 0.350. The van der Waals surface area contributed by atoms with Crippen LogP contribution in [0.3, 0.4) is 0 Å². The van der Waals surface area contributed by atoms with Gasteiger partial charge in [-0.1, -0.05) is 17.4 Å². The van der Waals surface area contributed by atoms with Crippen LogP contribution in [0.4, 0.5) is 5.13 Å². The summed E-state index contributed by atoms with van der Waals surface area (Å²) < 4.78 is 6.41. The molecule has 1 aromatic carbocycles. The number of pyridine rings is 1. The first-order valence-corrected chi connectivity index (χ1v) is 9.91. The van der Waals surface area contributed by atoms with Crippen molar-refractivity contribution in [2.75, 3.05) is 25.1 Å². The smallest absolute Gasteiger partial charge is 0.223 e. The Morgan fingerprint density at radius 3 is 2.93 bits per heavy atom. The number of benzene rings is 1. The van der Waals surface area contributed by atoms with Crippen molar-refractivity contribution in [1.29, 1.82) is 0 Å². The third-order valence-corrected chi connectivity index (χ3v) is 5.99. The number of amides is 1. The van der Waals surface area contributed by atoms with Gasteiger partial charge in [-0.2, -0.15) is 0 Å². The largest absolute Gasteiger partial charge is 0.497 e. The number of hydrogen-bond acceptors (Lipinski definition) is 6. The molecule has 140 valence electrons. The van der Waals surface area contributed by atoms with Crippen molar-refractivity contribution in [1.82, 2.24) is 15.3 Å². The number of nitrogens with zero attached hydrogens (tertiary/aromatic N) is 3. The van der Waals surface area contributed by atoms with Gasteiger partial charge in [-0.3, -0.25) is 9.78 Å². The number of carbonyl (C=O) groups excluding carboxylic acids is 1. The molecule has 1 fully saturated rings. The van der Waals surface area contributed by atoms with E-state index in [4.69, 9.17) is 9.72 Å². The van der Waals surface area contributed by atoms with E-state index < -0.39 is 0 Å². The number of methoxy groups -OCH3 is 1. The number of ether oxygens (including phenoxy) is 1. The highest BCUT2D eigenvalue weighted by Gasteiger charge is 2.26. The number of hydrogen-bond donors (Lipinski definition) is 1. The SMILES string of the molecule is COc1ccc2nc(N3CCC(C(=O)NCc4cccnc4)CC3)sc2c1. The van der Waals surface area contributed by atoms with E-state index in [-0.39, 0.29) is 11.8 Å². The Hall–Kier alpha value is -2.67. The number of anilines is 1. The van der Waals surface area contributed by atoms with Crippen LogP contribution in [0.25, 0.3) is 10.2 Å². The number of rotatable bonds is 5. The Labute approximate surface area is 162 Å². The fourth-order valence-corrected chi connectivity index (χ4v) is 4.37. The highest BCUT2D eigenvalue weighted by molar-refractivity contribution is 7.22. The maximum atomic E-state index is 12.4. The molecule has 1 amide bonds. The number of aromatic nitrogens is 2. The Kier molecular flexibility index (Phi) is 5.20. The minimum Gasteiger partial charge on any atom is -0.497 e. The van der Waals surface area contributed by atoms with Gasteiger partial charge in [0.15, 0.2) is 5.13 Å². The summed E-state index contributed by atoms with van der Waals surface area (Å²) in [5.74, 6) is 1.04. The predicted molar refractivity (Wildman–Crippen MR) is 107 cm³/mol. The maximum Gasteiger partial charge on any atom is 0.223 e. The summed E-state index contributed by atoms with van der Waals surface area (Å²) in [6.45, 7) is 2.23. The lowest BCUT2D eigenvalue weighted by molar-refractivity contribution is -0.125. The summed E-state index contributed by atoms with van der Waals surface area (Å²) in [7, 11) is 1.67. The summed E-state index contributed by atoms with van der Waals surface area (Å²) in [4.78, 5) is 23.5. The Bertz CT molecular complexity index is 920. The second-order valence-corrected chi connectivity index (χ2v) is 7.68. The molecule has 0 saturated carbocycles. The van der Waals surface area contributed by atoms with E-state index in [1.54, 1.807) is 30.8 Å². The van der Waals surface area contributed by atoms with Crippen molar-refractivity contribution in [3.05, 3.63) is 48.3 Å². The number of fused-ring (bicyclic) bond motifs is 1. The van der Waals surface area contributed by atoms with Crippen molar-refractivity contribution in [2.24, 2.45) is 5.92 Å². The van der Waals surface area contributed by atoms with Crippen LogP contribution < -0.4 is 15.0 Å². The van der Waals surface area contributed by atoms with Gasteiger partial charge in [0.1, 0.15) is 5.75 Å². The van der Waals surface area contributed by atoms with Gasteiger partial charge < -0.3 is 15.0 Å². The first-order chi connectivity index (χ1) is 13.2. The highest BCUT2D eigenvalue weighted by Crippen LogP contribution is 2.33. The molecule has 0 atom stereocenters. The molecule has 1 saturated heterocycles. The van der Waals surface area contributed by atoms with E-state index in [1.165, 1.54) is 0 Å². The number of nitrogens with one attached hydrogen (secondary N) is 1. The molecular weight excluding hydrogens is 360 g/mol. The molecule has 0 radical (unpaired) electrons. The van der Waals surface area contributed by atoms with Crippen LogP contribution in [-0.2, 0) is 11.3 Å². The van der Waals surface area contributed by atoms with Crippen molar-refractivity contribution in [3.63, 3.8) is 0 Å². The first-order valence-electron chi connectivity index (χ1n) is 9.09. The predicted octanol–water partition coefficient (Wildman–Crippen LogP) is 3.23. The summed E-state index contributed by atoms with van der Waals surface area (Å²) in [6.07, 6.45) is 5.21. The van der Waals surface area contributed by atoms with Crippen molar-refractivity contribution in [3.8, 4) is 5.75 Å². The molecule has 0 unspecified atom stereocenters. The molecule has 2 aromatic heterocycles. The van der Waals surface area contributed by atoms with Gasteiger partial charge in [0.2, 0.25) is 5.91 Å². The lowest BCUT2D eigenvalue weighted by Crippen LogP contribution is -2.40. The van der Waals surface area contributed by atoms with E-state index in [2.05, 4.69) is 15.2 Å². The fourth-order valence-electron chi connectivity index (χ4n) is 3.32. The Morgan fingerprint density at radius 2 is 2.19 bits per heavy atom. The van der Waals surface area contributed by atoms with Crippen LogP contribution in [0.15, 0.2) is 42.7 Å².